The Hall–Kier alpha value is -1.82. The molecular formula is C15H18ClFN2O3. The molecule has 1 saturated heterocycles. The first-order chi connectivity index (χ1) is 10.5. The summed E-state index contributed by atoms with van der Waals surface area (Å²) in [6, 6.07) is 3.82. The third-order valence-corrected chi connectivity index (χ3v) is 3.94. The third kappa shape index (κ3) is 4.34. The van der Waals surface area contributed by atoms with Gasteiger partial charge in [0.25, 0.3) is 0 Å². The number of amides is 2. The van der Waals surface area contributed by atoms with Gasteiger partial charge in [0.2, 0.25) is 11.8 Å². The summed E-state index contributed by atoms with van der Waals surface area (Å²) in [4.78, 5) is 24.9. The van der Waals surface area contributed by atoms with Crippen LogP contribution in [0.1, 0.15) is 19.3 Å². The van der Waals surface area contributed by atoms with E-state index in [0.717, 1.165) is 18.9 Å². The second kappa shape index (κ2) is 7.45. The largest absolute Gasteiger partial charge is 0.491 e. The molecule has 7 heteroatoms. The van der Waals surface area contributed by atoms with Crippen LogP contribution in [0.2, 0.25) is 5.02 Å². The molecule has 1 aromatic carbocycles. The highest BCUT2D eigenvalue weighted by atomic mass is 35.5. The molecule has 2 amide bonds. The van der Waals surface area contributed by atoms with Crippen LogP contribution < -0.4 is 10.5 Å². The van der Waals surface area contributed by atoms with Gasteiger partial charge in [-0.3, -0.25) is 9.59 Å². The monoisotopic (exact) mass is 328 g/mol. The Morgan fingerprint density at radius 3 is 2.91 bits per heavy atom. The molecule has 0 aromatic heterocycles. The molecule has 120 valence electrons. The summed E-state index contributed by atoms with van der Waals surface area (Å²) in [6.45, 7) is 1.13. The number of primary amides is 1. The maximum Gasteiger partial charge on any atom is 0.226 e. The van der Waals surface area contributed by atoms with E-state index in [1.807, 2.05) is 0 Å². The zero-order chi connectivity index (χ0) is 16.1. The van der Waals surface area contributed by atoms with Gasteiger partial charge in [0, 0.05) is 13.1 Å². The summed E-state index contributed by atoms with van der Waals surface area (Å²) in [5, 5.41) is 0.166. The fraction of sp³-hybridized carbons (Fsp3) is 0.467. The van der Waals surface area contributed by atoms with Crippen molar-refractivity contribution in [3.05, 3.63) is 29.0 Å². The molecule has 2 rings (SSSR count). The molecule has 1 atom stereocenters. The summed E-state index contributed by atoms with van der Waals surface area (Å²) in [5.74, 6) is -0.843. The lowest BCUT2D eigenvalue weighted by atomic mass is 9.97. The molecule has 1 aliphatic heterocycles. The molecule has 0 aliphatic carbocycles. The Labute approximate surface area is 133 Å². The molecule has 22 heavy (non-hydrogen) atoms. The van der Waals surface area contributed by atoms with Gasteiger partial charge in [0.05, 0.1) is 24.0 Å². The minimum atomic E-state index is -0.445. The van der Waals surface area contributed by atoms with E-state index in [9.17, 15) is 14.0 Å². The Kier molecular flexibility index (Phi) is 5.60. The van der Waals surface area contributed by atoms with Gasteiger partial charge >= 0.3 is 0 Å². The van der Waals surface area contributed by atoms with Crippen molar-refractivity contribution in [2.45, 2.75) is 19.3 Å². The average Bonchev–Trinajstić information content (AvgIpc) is 2.49. The van der Waals surface area contributed by atoms with E-state index in [0.29, 0.717) is 18.8 Å². The number of likely N-dealkylation sites (tertiary alicyclic amines) is 1. The van der Waals surface area contributed by atoms with Crippen LogP contribution in [0.5, 0.6) is 5.75 Å². The molecule has 1 aliphatic rings. The standard InChI is InChI=1S/C15H18ClFN2O3/c16-12-8-11(17)3-4-13(12)22-7-5-14(20)19-6-1-2-10(9-19)15(18)21/h3-4,8,10H,1-2,5-7,9H2,(H2,18,21)/t10-/m1/s1. The van der Waals surface area contributed by atoms with Crippen molar-refractivity contribution in [3.63, 3.8) is 0 Å². The first kappa shape index (κ1) is 16.5. The highest BCUT2D eigenvalue weighted by molar-refractivity contribution is 6.32. The Bertz CT molecular complexity index is 568. The Morgan fingerprint density at radius 1 is 1.45 bits per heavy atom. The minimum Gasteiger partial charge on any atom is -0.491 e. The first-order valence-electron chi connectivity index (χ1n) is 7.12. The van der Waals surface area contributed by atoms with Gasteiger partial charge in [0.15, 0.2) is 0 Å². The number of nitrogens with zero attached hydrogens (tertiary/aromatic N) is 1. The molecular weight excluding hydrogens is 311 g/mol. The number of rotatable bonds is 5. The number of ether oxygens (including phenoxy) is 1. The third-order valence-electron chi connectivity index (χ3n) is 3.64. The summed E-state index contributed by atoms with van der Waals surface area (Å²) >= 11 is 5.84. The minimum absolute atomic E-state index is 0.0933. The number of carbonyl (C=O) groups excluding carboxylic acids is 2. The number of halogens is 2. The van der Waals surface area contributed by atoms with E-state index in [1.54, 1.807) is 4.90 Å². The van der Waals surface area contributed by atoms with Crippen LogP contribution >= 0.6 is 11.6 Å². The van der Waals surface area contributed by atoms with E-state index in [4.69, 9.17) is 22.1 Å². The van der Waals surface area contributed by atoms with Gasteiger partial charge in [-0.2, -0.15) is 0 Å². The molecule has 5 nitrogen and oxygen atoms in total. The Balaban J connectivity index is 1.81. The predicted octanol–water partition coefficient (Wildman–Crippen LogP) is 1.97. The summed E-state index contributed by atoms with van der Waals surface area (Å²) in [6.07, 6.45) is 1.66. The van der Waals surface area contributed by atoms with Crippen molar-refractivity contribution < 1.29 is 18.7 Å². The van der Waals surface area contributed by atoms with Gasteiger partial charge in [-0.1, -0.05) is 11.6 Å². The maximum atomic E-state index is 12.9. The predicted molar refractivity (Wildman–Crippen MR) is 80.0 cm³/mol. The molecule has 1 aromatic rings. The zero-order valence-electron chi connectivity index (χ0n) is 12.1. The van der Waals surface area contributed by atoms with Crippen molar-refractivity contribution in [2.24, 2.45) is 11.7 Å². The second-order valence-electron chi connectivity index (χ2n) is 5.25. The Morgan fingerprint density at radius 2 is 2.23 bits per heavy atom. The van der Waals surface area contributed by atoms with Crippen molar-refractivity contribution in [2.75, 3.05) is 19.7 Å². The quantitative estimate of drug-likeness (QED) is 0.898. The lowest BCUT2D eigenvalue weighted by Gasteiger charge is -2.31. The summed E-state index contributed by atoms with van der Waals surface area (Å²) in [7, 11) is 0. The molecule has 0 bridgehead atoms. The number of carbonyl (C=O) groups is 2. The van der Waals surface area contributed by atoms with Crippen LogP contribution in [0.3, 0.4) is 0 Å². The number of nitrogens with two attached hydrogens (primary N) is 1. The molecule has 0 unspecified atom stereocenters. The van der Waals surface area contributed by atoms with E-state index >= 15 is 0 Å². The van der Waals surface area contributed by atoms with Crippen LogP contribution in [0, 0.1) is 11.7 Å². The van der Waals surface area contributed by atoms with Gasteiger partial charge < -0.3 is 15.4 Å². The molecule has 1 heterocycles. The highest BCUT2D eigenvalue weighted by Gasteiger charge is 2.26. The average molecular weight is 329 g/mol. The van der Waals surface area contributed by atoms with Crippen LogP contribution in [0.25, 0.3) is 0 Å². The first-order valence-corrected chi connectivity index (χ1v) is 7.50. The zero-order valence-corrected chi connectivity index (χ0v) is 12.8. The lowest BCUT2D eigenvalue weighted by Crippen LogP contribution is -2.44. The maximum absolute atomic E-state index is 12.9. The van der Waals surface area contributed by atoms with Gasteiger partial charge in [0.1, 0.15) is 11.6 Å². The van der Waals surface area contributed by atoms with E-state index in [-0.39, 0.29) is 35.8 Å². The molecule has 0 spiro atoms. The molecule has 1 fully saturated rings. The number of hydrogen-bond donors (Lipinski definition) is 1. The van der Waals surface area contributed by atoms with Gasteiger partial charge in [-0.15, -0.1) is 0 Å². The van der Waals surface area contributed by atoms with Crippen LogP contribution in [0.15, 0.2) is 18.2 Å². The molecule has 0 saturated carbocycles. The fourth-order valence-corrected chi connectivity index (χ4v) is 2.66. The molecule has 0 radical (unpaired) electrons. The summed E-state index contributed by atoms with van der Waals surface area (Å²) in [5.41, 5.74) is 5.29. The molecule has 2 N–H and O–H groups in total. The van der Waals surface area contributed by atoms with Crippen LogP contribution in [0.4, 0.5) is 4.39 Å². The van der Waals surface area contributed by atoms with Crippen molar-refractivity contribution >= 4 is 23.4 Å². The normalized spacial score (nSPS) is 18.1. The van der Waals surface area contributed by atoms with E-state index in [1.165, 1.54) is 12.1 Å². The van der Waals surface area contributed by atoms with Crippen molar-refractivity contribution in [1.29, 1.82) is 0 Å². The topological polar surface area (TPSA) is 72.6 Å². The van der Waals surface area contributed by atoms with Gasteiger partial charge in [-0.25, -0.2) is 4.39 Å². The van der Waals surface area contributed by atoms with Crippen LogP contribution in [-0.2, 0) is 9.59 Å². The van der Waals surface area contributed by atoms with Gasteiger partial charge in [-0.05, 0) is 31.0 Å². The van der Waals surface area contributed by atoms with Crippen LogP contribution in [-0.4, -0.2) is 36.4 Å². The van der Waals surface area contributed by atoms with E-state index < -0.39 is 5.82 Å². The highest BCUT2D eigenvalue weighted by Crippen LogP contribution is 2.25. The van der Waals surface area contributed by atoms with Crippen molar-refractivity contribution in [3.8, 4) is 5.75 Å². The fourth-order valence-electron chi connectivity index (χ4n) is 2.43. The summed E-state index contributed by atoms with van der Waals surface area (Å²) < 4.78 is 18.3. The number of benzene rings is 1. The number of piperidine rings is 1. The smallest absolute Gasteiger partial charge is 0.226 e. The van der Waals surface area contributed by atoms with E-state index in [2.05, 4.69) is 0 Å². The second-order valence-corrected chi connectivity index (χ2v) is 5.66. The SMILES string of the molecule is NC(=O)[C@@H]1CCCN(C(=O)CCOc2ccc(F)cc2Cl)C1. The van der Waals surface area contributed by atoms with Crippen molar-refractivity contribution in [1.82, 2.24) is 4.90 Å². The number of hydrogen-bond acceptors (Lipinski definition) is 3. The lowest BCUT2D eigenvalue weighted by molar-refractivity contribution is -0.135.